The molecule has 0 spiro atoms. The molecule has 2 aliphatic rings. The number of carbonyl (C=O) groups is 1. The van der Waals surface area contributed by atoms with Crippen LogP contribution < -0.4 is 10.6 Å². The van der Waals surface area contributed by atoms with Crippen LogP contribution in [0.4, 0.5) is 4.79 Å². The maximum atomic E-state index is 10.6. The predicted molar refractivity (Wildman–Crippen MR) is 34.7 cm³/mol. The Balaban J connectivity index is 2.04. The summed E-state index contributed by atoms with van der Waals surface area (Å²) in [6.45, 7) is 1.80. The minimum atomic E-state index is -0.265. The van der Waals surface area contributed by atoms with Crippen molar-refractivity contribution in [3.8, 4) is 0 Å². The second-order valence-corrected chi connectivity index (χ2v) is 2.69. The smallest absolute Gasteiger partial charge is 0.407 e. The highest BCUT2D eigenvalue weighted by Gasteiger charge is 2.35. The van der Waals surface area contributed by atoms with E-state index < -0.39 is 0 Å². The van der Waals surface area contributed by atoms with Crippen molar-refractivity contribution in [3.63, 3.8) is 0 Å². The zero-order valence-corrected chi connectivity index (χ0v) is 5.59. The van der Waals surface area contributed by atoms with Gasteiger partial charge in [0.25, 0.3) is 0 Å². The molecule has 1 amide bonds. The Kier molecular flexibility index (Phi) is 1.27. The summed E-state index contributed by atoms with van der Waals surface area (Å²) in [6.07, 6.45) is 0.788. The summed E-state index contributed by atoms with van der Waals surface area (Å²) in [4.78, 5) is 10.6. The molecule has 2 N–H and O–H groups in total. The summed E-state index contributed by atoms with van der Waals surface area (Å²) in [5.74, 6) is 0. The van der Waals surface area contributed by atoms with Gasteiger partial charge in [-0.3, -0.25) is 0 Å². The van der Waals surface area contributed by atoms with Gasteiger partial charge in [-0.05, 0) is 13.0 Å². The highest BCUT2D eigenvalue weighted by Crippen LogP contribution is 2.13. The molecule has 2 unspecified atom stereocenters. The quantitative estimate of drug-likeness (QED) is 0.477. The molecule has 2 fully saturated rings. The Morgan fingerprint density at radius 2 is 2.50 bits per heavy atom. The largest absolute Gasteiger partial charge is 0.444 e. The molecule has 0 saturated carbocycles. The molecule has 4 nitrogen and oxygen atoms in total. The number of ether oxygens (including phenoxy) is 1. The number of alkyl carbamates (subject to hydrolysis) is 1. The van der Waals surface area contributed by atoms with Gasteiger partial charge >= 0.3 is 6.09 Å². The molecule has 0 aromatic carbocycles. The Hall–Kier alpha value is -0.770. The molecule has 2 atom stereocenters. The molecule has 2 aliphatic heterocycles. The summed E-state index contributed by atoms with van der Waals surface area (Å²) in [6, 6.07) is 0.209. The fourth-order valence-electron chi connectivity index (χ4n) is 1.44. The maximum absolute atomic E-state index is 10.6. The van der Waals surface area contributed by atoms with Crippen molar-refractivity contribution in [1.29, 1.82) is 0 Å². The third-order valence-electron chi connectivity index (χ3n) is 1.98. The molecule has 0 radical (unpaired) electrons. The highest BCUT2D eigenvalue weighted by atomic mass is 16.6. The third-order valence-corrected chi connectivity index (χ3v) is 1.98. The van der Waals surface area contributed by atoms with Crippen LogP contribution in [0, 0.1) is 0 Å². The first-order valence-corrected chi connectivity index (χ1v) is 3.54. The number of hydrogen-bond acceptors (Lipinski definition) is 3. The first kappa shape index (κ1) is 5.97. The maximum Gasteiger partial charge on any atom is 0.407 e. The zero-order valence-electron chi connectivity index (χ0n) is 5.59. The van der Waals surface area contributed by atoms with E-state index in [9.17, 15) is 4.79 Å². The van der Waals surface area contributed by atoms with E-state index in [0.29, 0.717) is 0 Å². The van der Waals surface area contributed by atoms with E-state index in [-0.39, 0.29) is 18.2 Å². The fraction of sp³-hybridized carbons (Fsp3) is 0.833. The Morgan fingerprint density at radius 3 is 3.30 bits per heavy atom. The first-order chi connectivity index (χ1) is 4.86. The molecule has 10 heavy (non-hydrogen) atoms. The molecule has 0 aliphatic carbocycles. The molecule has 4 heteroatoms. The Morgan fingerprint density at radius 1 is 1.60 bits per heavy atom. The molecule has 0 bridgehead atoms. The van der Waals surface area contributed by atoms with Gasteiger partial charge in [0.2, 0.25) is 0 Å². The van der Waals surface area contributed by atoms with Crippen LogP contribution >= 0.6 is 0 Å². The van der Waals surface area contributed by atoms with E-state index in [1.807, 2.05) is 0 Å². The van der Waals surface area contributed by atoms with Gasteiger partial charge in [0.15, 0.2) is 0 Å². The summed E-state index contributed by atoms with van der Waals surface area (Å²) in [5, 5.41) is 5.91. The number of hydrogen-bond donors (Lipinski definition) is 2. The number of rotatable bonds is 0. The molecular formula is C6H10N2O2. The van der Waals surface area contributed by atoms with Crippen molar-refractivity contribution in [2.75, 3.05) is 13.1 Å². The number of fused-ring (bicyclic) bond motifs is 1. The minimum absolute atomic E-state index is 0.119. The number of nitrogens with one attached hydrogen (secondary N) is 2. The van der Waals surface area contributed by atoms with Gasteiger partial charge in [0.05, 0.1) is 6.04 Å². The summed E-state index contributed by atoms with van der Waals surface area (Å²) < 4.78 is 4.98. The van der Waals surface area contributed by atoms with Gasteiger partial charge in [0.1, 0.15) is 6.10 Å². The van der Waals surface area contributed by atoms with Crippen LogP contribution in [0.2, 0.25) is 0 Å². The normalized spacial score (nSPS) is 38.2. The third kappa shape index (κ3) is 0.844. The van der Waals surface area contributed by atoms with Crippen LogP contribution in [-0.4, -0.2) is 31.3 Å². The molecule has 0 aromatic heterocycles. The van der Waals surface area contributed by atoms with Crippen LogP contribution in [-0.2, 0) is 4.74 Å². The van der Waals surface area contributed by atoms with E-state index >= 15 is 0 Å². The van der Waals surface area contributed by atoms with Crippen molar-refractivity contribution in [1.82, 2.24) is 10.6 Å². The standard InChI is InChI=1S/C6H10N2O2/c9-6-8-4-3-7-2-1-5(4)10-6/h4-5,7H,1-3H2,(H,8,9). The average Bonchev–Trinajstić information content (AvgIpc) is 2.27. The van der Waals surface area contributed by atoms with E-state index in [1.165, 1.54) is 0 Å². The lowest BCUT2D eigenvalue weighted by atomic mass is 10.1. The molecule has 2 rings (SSSR count). The molecule has 2 heterocycles. The number of piperidine rings is 1. The average molecular weight is 142 g/mol. The van der Waals surface area contributed by atoms with Gasteiger partial charge in [-0.1, -0.05) is 0 Å². The van der Waals surface area contributed by atoms with Crippen molar-refractivity contribution in [3.05, 3.63) is 0 Å². The van der Waals surface area contributed by atoms with Crippen molar-refractivity contribution in [2.45, 2.75) is 18.6 Å². The van der Waals surface area contributed by atoms with E-state index in [2.05, 4.69) is 10.6 Å². The number of carbonyl (C=O) groups excluding carboxylic acids is 1. The molecule has 56 valence electrons. The van der Waals surface area contributed by atoms with E-state index in [1.54, 1.807) is 0 Å². The minimum Gasteiger partial charge on any atom is -0.444 e. The molecule has 0 aromatic rings. The lowest BCUT2D eigenvalue weighted by Crippen LogP contribution is -2.46. The van der Waals surface area contributed by atoms with Crippen LogP contribution in [0.15, 0.2) is 0 Å². The van der Waals surface area contributed by atoms with Crippen molar-refractivity contribution < 1.29 is 9.53 Å². The lowest BCUT2D eigenvalue weighted by molar-refractivity contribution is 0.117. The highest BCUT2D eigenvalue weighted by molar-refractivity contribution is 5.70. The van der Waals surface area contributed by atoms with Gasteiger partial charge in [-0.15, -0.1) is 0 Å². The van der Waals surface area contributed by atoms with Gasteiger partial charge < -0.3 is 15.4 Å². The fourth-order valence-corrected chi connectivity index (χ4v) is 1.44. The second-order valence-electron chi connectivity index (χ2n) is 2.69. The molecule has 2 saturated heterocycles. The molecular weight excluding hydrogens is 132 g/mol. The van der Waals surface area contributed by atoms with Gasteiger partial charge in [0, 0.05) is 6.54 Å². The first-order valence-electron chi connectivity index (χ1n) is 3.54. The predicted octanol–water partition coefficient (Wildman–Crippen LogP) is -0.543. The Labute approximate surface area is 58.9 Å². The van der Waals surface area contributed by atoms with Crippen LogP contribution in [0.5, 0.6) is 0 Å². The van der Waals surface area contributed by atoms with Crippen LogP contribution in [0.25, 0.3) is 0 Å². The van der Waals surface area contributed by atoms with E-state index in [4.69, 9.17) is 4.74 Å². The van der Waals surface area contributed by atoms with Crippen molar-refractivity contribution >= 4 is 6.09 Å². The topological polar surface area (TPSA) is 50.4 Å². The number of amides is 1. The van der Waals surface area contributed by atoms with Gasteiger partial charge in [-0.25, -0.2) is 4.79 Å². The van der Waals surface area contributed by atoms with Crippen LogP contribution in [0.1, 0.15) is 6.42 Å². The zero-order chi connectivity index (χ0) is 6.97. The SMILES string of the molecule is O=C1NC2CNCCC2O1. The van der Waals surface area contributed by atoms with Gasteiger partial charge in [-0.2, -0.15) is 0 Å². The van der Waals surface area contributed by atoms with Crippen molar-refractivity contribution in [2.24, 2.45) is 0 Å². The summed E-state index contributed by atoms with van der Waals surface area (Å²) >= 11 is 0. The summed E-state index contributed by atoms with van der Waals surface area (Å²) in [7, 11) is 0. The second kappa shape index (κ2) is 2.12. The summed E-state index contributed by atoms with van der Waals surface area (Å²) in [5.41, 5.74) is 0. The van der Waals surface area contributed by atoms with Crippen LogP contribution in [0.3, 0.4) is 0 Å². The monoisotopic (exact) mass is 142 g/mol. The van der Waals surface area contributed by atoms with E-state index in [0.717, 1.165) is 19.5 Å². The lowest BCUT2D eigenvalue weighted by Gasteiger charge is -2.22. The Bertz CT molecular complexity index is 144.